The van der Waals surface area contributed by atoms with Gasteiger partial charge in [-0.1, -0.05) is 25.4 Å². The van der Waals surface area contributed by atoms with E-state index in [0.29, 0.717) is 0 Å². The molecule has 0 amide bonds. The van der Waals surface area contributed by atoms with E-state index in [-0.39, 0.29) is 5.41 Å². The molecule has 2 nitrogen and oxygen atoms in total. The summed E-state index contributed by atoms with van der Waals surface area (Å²) < 4.78 is 5.28. The van der Waals surface area contributed by atoms with Gasteiger partial charge in [0.25, 0.3) is 0 Å². The minimum Gasteiger partial charge on any atom is -0.495 e. The van der Waals surface area contributed by atoms with Gasteiger partial charge in [-0.25, -0.2) is 0 Å². The van der Waals surface area contributed by atoms with E-state index in [1.807, 2.05) is 12.1 Å². The molecule has 0 bridgehead atoms. The molecule has 0 saturated heterocycles. The highest BCUT2D eigenvalue weighted by atomic mass is 35.5. The van der Waals surface area contributed by atoms with Crippen LogP contribution >= 0.6 is 11.6 Å². The van der Waals surface area contributed by atoms with Crippen molar-refractivity contribution in [2.45, 2.75) is 19.3 Å². The van der Waals surface area contributed by atoms with Crippen LogP contribution in [0, 0.1) is 0 Å². The van der Waals surface area contributed by atoms with Gasteiger partial charge in [-0.3, -0.25) is 0 Å². The van der Waals surface area contributed by atoms with E-state index in [1.54, 1.807) is 7.11 Å². The molecule has 0 radical (unpaired) electrons. The summed E-state index contributed by atoms with van der Waals surface area (Å²) in [5, 5.41) is 4.16. The van der Waals surface area contributed by atoms with Crippen LogP contribution in [0.3, 0.4) is 0 Å². The summed E-state index contributed by atoms with van der Waals surface area (Å²) in [7, 11) is 1.68. The Morgan fingerprint density at radius 1 is 1.43 bits per heavy atom. The first-order chi connectivity index (χ1) is 6.56. The molecule has 0 spiro atoms. The Morgan fingerprint density at radius 2 is 2.14 bits per heavy atom. The Balaban J connectivity index is 2.65. The van der Waals surface area contributed by atoms with Crippen LogP contribution in [0.25, 0.3) is 0 Å². The summed E-state index contributed by atoms with van der Waals surface area (Å²) in [6.07, 6.45) is 0. The van der Waals surface area contributed by atoms with Crippen molar-refractivity contribution in [3.05, 3.63) is 22.7 Å². The zero-order valence-corrected chi connectivity index (χ0v) is 9.40. The van der Waals surface area contributed by atoms with Gasteiger partial charge >= 0.3 is 0 Å². The van der Waals surface area contributed by atoms with Crippen LogP contribution in [-0.4, -0.2) is 13.7 Å². The average Bonchev–Trinajstić information content (AvgIpc) is 2.44. The second-order valence-electron chi connectivity index (χ2n) is 4.24. The van der Waals surface area contributed by atoms with E-state index in [9.17, 15) is 0 Å². The SMILES string of the molecule is COc1ccc(Cl)c2c1NCC2(C)C. The number of hydrogen-bond acceptors (Lipinski definition) is 2. The monoisotopic (exact) mass is 211 g/mol. The molecule has 0 unspecified atom stereocenters. The van der Waals surface area contributed by atoms with Crippen LogP contribution in [0.2, 0.25) is 5.02 Å². The Kier molecular flexibility index (Phi) is 2.11. The molecular formula is C11H14ClNO. The molecule has 0 atom stereocenters. The first kappa shape index (κ1) is 9.66. The Morgan fingerprint density at radius 3 is 2.79 bits per heavy atom. The van der Waals surface area contributed by atoms with Gasteiger partial charge < -0.3 is 10.1 Å². The van der Waals surface area contributed by atoms with E-state index in [1.165, 1.54) is 5.56 Å². The van der Waals surface area contributed by atoms with Gasteiger partial charge in [0.15, 0.2) is 0 Å². The van der Waals surface area contributed by atoms with Crippen LogP contribution in [0.5, 0.6) is 5.75 Å². The Labute approximate surface area is 89.2 Å². The van der Waals surface area contributed by atoms with E-state index >= 15 is 0 Å². The topological polar surface area (TPSA) is 21.3 Å². The molecule has 2 rings (SSSR count). The van der Waals surface area contributed by atoms with Crippen LogP contribution in [-0.2, 0) is 5.41 Å². The van der Waals surface area contributed by atoms with Gasteiger partial charge in [0, 0.05) is 22.5 Å². The highest BCUT2D eigenvalue weighted by molar-refractivity contribution is 6.32. The number of methoxy groups -OCH3 is 1. The highest BCUT2D eigenvalue weighted by Crippen LogP contribution is 2.45. The van der Waals surface area contributed by atoms with Crippen molar-refractivity contribution < 1.29 is 4.74 Å². The molecule has 0 fully saturated rings. The fourth-order valence-electron chi connectivity index (χ4n) is 1.96. The van der Waals surface area contributed by atoms with Crippen molar-refractivity contribution in [3.63, 3.8) is 0 Å². The number of hydrogen-bond donors (Lipinski definition) is 1. The lowest BCUT2D eigenvalue weighted by atomic mass is 9.87. The first-order valence-electron chi connectivity index (χ1n) is 4.67. The smallest absolute Gasteiger partial charge is 0.142 e. The van der Waals surface area contributed by atoms with Crippen molar-refractivity contribution >= 4 is 17.3 Å². The summed E-state index contributed by atoms with van der Waals surface area (Å²) in [6.45, 7) is 5.26. The van der Waals surface area contributed by atoms with E-state index in [2.05, 4.69) is 19.2 Å². The fraction of sp³-hybridized carbons (Fsp3) is 0.455. The van der Waals surface area contributed by atoms with E-state index < -0.39 is 0 Å². The lowest BCUT2D eigenvalue weighted by Crippen LogP contribution is -2.19. The zero-order chi connectivity index (χ0) is 10.3. The number of ether oxygens (including phenoxy) is 1. The van der Waals surface area contributed by atoms with Gasteiger partial charge in [0.1, 0.15) is 5.75 Å². The molecule has 0 aromatic heterocycles. The number of nitrogens with one attached hydrogen (secondary N) is 1. The predicted octanol–water partition coefficient (Wildman–Crippen LogP) is 3.05. The van der Waals surface area contributed by atoms with E-state index in [0.717, 1.165) is 23.0 Å². The van der Waals surface area contributed by atoms with Crippen molar-refractivity contribution in [3.8, 4) is 5.75 Å². The standard InChI is InChI=1S/C11H14ClNO/c1-11(2)6-13-10-8(14-3)5-4-7(12)9(10)11/h4-5,13H,6H2,1-3H3. The molecule has 76 valence electrons. The second-order valence-corrected chi connectivity index (χ2v) is 4.64. The molecule has 1 aliphatic heterocycles. The van der Waals surface area contributed by atoms with E-state index in [4.69, 9.17) is 16.3 Å². The quantitative estimate of drug-likeness (QED) is 0.771. The summed E-state index contributed by atoms with van der Waals surface area (Å²) in [5.74, 6) is 0.870. The molecule has 1 aromatic rings. The third-order valence-electron chi connectivity index (χ3n) is 2.72. The van der Waals surface area contributed by atoms with Crippen LogP contribution in [0.15, 0.2) is 12.1 Å². The second kappa shape index (κ2) is 3.06. The third-order valence-corrected chi connectivity index (χ3v) is 3.04. The average molecular weight is 212 g/mol. The molecule has 1 heterocycles. The summed E-state index contributed by atoms with van der Waals surface area (Å²) in [6, 6.07) is 3.80. The van der Waals surface area contributed by atoms with Gasteiger partial charge in [-0.05, 0) is 12.1 Å². The maximum Gasteiger partial charge on any atom is 0.142 e. The molecule has 1 aliphatic rings. The van der Waals surface area contributed by atoms with Crippen molar-refractivity contribution in [1.82, 2.24) is 0 Å². The lowest BCUT2D eigenvalue weighted by Gasteiger charge is -2.18. The van der Waals surface area contributed by atoms with Crippen LogP contribution in [0.4, 0.5) is 5.69 Å². The highest BCUT2D eigenvalue weighted by Gasteiger charge is 2.33. The number of anilines is 1. The fourth-order valence-corrected chi connectivity index (χ4v) is 2.38. The molecule has 0 aliphatic carbocycles. The van der Waals surface area contributed by atoms with Gasteiger partial charge in [-0.2, -0.15) is 0 Å². The van der Waals surface area contributed by atoms with Crippen molar-refractivity contribution in [2.24, 2.45) is 0 Å². The zero-order valence-electron chi connectivity index (χ0n) is 8.65. The Bertz CT molecular complexity index is 374. The van der Waals surface area contributed by atoms with Crippen molar-refractivity contribution in [1.29, 1.82) is 0 Å². The maximum atomic E-state index is 6.19. The summed E-state index contributed by atoms with van der Waals surface area (Å²) in [4.78, 5) is 0. The molecule has 1 aromatic carbocycles. The maximum absolute atomic E-state index is 6.19. The lowest BCUT2D eigenvalue weighted by molar-refractivity contribution is 0.416. The van der Waals surface area contributed by atoms with Crippen molar-refractivity contribution in [2.75, 3.05) is 19.0 Å². The molecule has 3 heteroatoms. The number of benzene rings is 1. The minimum absolute atomic E-state index is 0.0843. The summed E-state index contributed by atoms with van der Waals surface area (Å²) in [5.41, 5.74) is 2.30. The van der Waals surface area contributed by atoms with Crippen LogP contribution < -0.4 is 10.1 Å². The molecule has 14 heavy (non-hydrogen) atoms. The predicted molar refractivity (Wildman–Crippen MR) is 59.5 cm³/mol. The molecular weight excluding hydrogens is 198 g/mol. The first-order valence-corrected chi connectivity index (χ1v) is 5.05. The van der Waals surface area contributed by atoms with Gasteiger partial charge in [0.05, 0.1) is 12.8 Å². The number of fused-ring (bicyclic) bond motifs is 1. The number of rotatable bonds is 1. The third kappa shape index (κ3) is 1.25. The van der Waals surface area contributed by atoms with Gasteiger partial charge in [-0.15, -0.1) is 0 Å². The number of halogens is 1. The molecule has 0 saturated carbocycles. The minimum atomic E-state index is 0.0843. The molecule has 1 N–H and O–H groups in total. The largest absolute Gasteiger partial charge is 0.495 e. The Hall–Kier alpha value is -0.890. The van der Waals surface area contributed by atoms with Crippen LogP contribution in [0.1, 0.15) is 19.4 Å². The summed E-state index contributed by atoms with van der Waals surface area (Å²) >= 11 is 6.19. The van der Waals surface area contributed by atoms with Gasteiger partial charge in [0.2, 0.25) is 0 Å². The normalized spacial score (nSPS) is 17.4.